The molecule has 2 atom stereocenters. The fourth-order valence-electron chi connectivity index (χ4n) is 2.96. The van der Waals surface area contributed by atoms with Crippen LogP contribution < -0.4 is 0 Å². The Bertz CT molecular complexity index is 327. The van der Waals surface area contributed by atoms with Gasteiger partial charge in [0.05, 0.1) is 18.6 Å². The van der Waals surface area contributed by atoms with Crippen LogP contribution >= 0.6 is 0 Å². The number of β-lactam (4-membered cyclic amide) rings is 1. The quantitative estimate of drug-likeness (QED) is 0.310. The second-order valence-electron chi connectivity index (χ2n) is 6.57. The van der Waals surface area contributed by atoms with Crippen LogP contribution in [0.25, 0.3) is 0 Å². The van der Waals surface area contributed by atoms with E-state index in [1.807, 2.05) is 17.1 Å². The molecule has 1 aliphatic heterocycles. The summed E-state index contributed by atoms with van der Waals surface area (Å²) in [5.74, 6) is 0.266. The van der Waals surface area contributed by atoms with Crippen molar-refractivity contribution >= 4 is 5.91 Å². The molecule has 0 aromatic rings. The molecule has 0 spiro atoms. The van der Waals surface area contributed by atoms with Crippen molar-refractivity contribution in [3.63, 3.8) is 0 Å². The summed E-state index contributed by atoms with van der Waals surface area (Å²) in [7, 11) is 0. The largest absolute Gasteiger partial charge is 0.389 e. The number of hydrogen-bond acceptors (Lipinski definition) is 2. The normalized spacial score (nSPS) is 19.7. The van der Waals surface area contributed by atoms with Crippen molar-refractivity contribution in [3.8, 4) is 0 Å². The summed E-state index contributed by atoms with van der Waals surface area (Å²) in [6.07, 6.45) is 16.0. The van der Waals surface area contributed by atoms with Gasteiger partial charge in [-0.05, 0) is 12.8 Å². The number of aliphatic hydroxyl groups excluding tert-OH is 1. The average molecular weight is 309 g/mol. The van der Waals surface area contributed by atoms with Crippen LogP contribution in [-0.2, 0) is 4.79 Å². The van der Waals surface area contributed by atoms with E-state index in [0.717, 1.165) is 25.8 Å². The molecule has 0 radical (unpaired) electrons. The van der Waals surface area contributed by atoms with Gasteiger partial charge in [-0.2, -0.15) is 0 Å². The van der Waals surface area contributed by atoms with Crippen molar-refractivity contribution in [2.75, 3.05) is 6.54 Å². The lowest BCUT2D eigenvalue weighted by molar-refractivity contribution is -0.143. The van der Waals surface area contributed by atoms with Crippen molar-refractivity contribution in [2.24, 2.45) is 0 Å². The monoisotopic (exact) mass is 309 g/mol. The highest BCUT2D eigenvalue weighted by Crippen LogP contribution is 2.22. The third-order valence-electron chi connectivity index (χ3n) is 4.52. The summed E-state index contributed by atoms with van der Waals surface area (Å²) in [6, 6.07) is 0.226. The van der Waals surface area contributed by atoms with Gasteiger partial charge in [-0.3, -0.25) is 4.79 Å². The Balaban J connectivity index is 2.17. The van der Waals surface area contributed by atoms with Crippen molar-refractivity contribution in [2.45, 2.75) is 96.6 Å². The van der Waals surface area contributed by atoms with E-state index in [1.165, 1.54) is 44.9 Å². The average Bonchev–Trinajstić information content (AvgIpc) is 2.51. The van der Waals surface area contributed by atoms with Gasteiger partial charge in [0, 0.05) is 6.54 Å². The van der Waals surface area contributed by atoms with E-state index >= 15 is 0 Å². The molecule has 1 N–H and O–H groups in total. The third-order valence-corrected chi connectivity index (χ3v) is 4.52. The second kappa shape index (κ2) is 11.7. The van der Waals surface area contributed by atoms with E-state index in [0.29, 0.717) is 6.42 Å². The fraction of sp³-hybridized carbons (Fsp3) is 0.842. The first-order valence-corrected chi connectivity index (χ1v) is 9.34. The van der Waals surface area contributed by atoms with Crippen LogP contribution in [0.3, 0.4) is 0 Å². The Morgan fingerprint density at radius 3 is 2.36 bits per heavy atom. The Kier molecular flexibility index (Phi) is 10.2. The molecule has 1 heterocycles. The first kappa shape index (κ1) is 19.2. The Morgan fingerprint density at radius 2 is 1.73 bits per heavy atom. The van der Waals surface area contributed by atoms with Gasteiger partial charge in [0.1, 0.15) is 0 Å². The molecule has 0 saturated carbocycles. The van der Waals surface area contributed by atoms with Crippen molar-refractivity contribution < 1.29 is 9.90 Å². The van der Waals surface area contributed by atoms with Crippen LogP contribution in [0.2, 0.25) is 0 Å². The van der Waals surface area contributed by atoms with Crippen LogP contribution in [0.4, 0.5) is 0 Å². The molecule has 1 aliphatic rings. The molecule has 0 aromatic carbocycles. The minimum atomic E-state index is -0.348. The Hall–Kier alpha value is -0.830. The van der Waals surface area contributed by atoms with Gasteiger partial charge in [0.15, 0.2) is 0 Å². The van der Waals surface area contributed by atoms with Gasteiger partial charge in [-0.15, -0.1) is 0 Å². The zero-order chi connectivity index (χ0) is 16.2. The van der Waals surface area contributed by atoms with Gasteiger partial charge in [-0.1, -0.05) is 77.4 Å². The highest BCUT2D eigenvalue weighted by Gasteiger charge is 2.33. The molecule has 128 valence electrons. The molecule has 3 heteroatoms. The predicted molar refractivity (Wildman–Crippen MR) is 92.8 cm³/mol. The number of carbonyl (C=O) groups excluding carboxylic acids is 1. The maximum absolute atomic E-state index is 11.7. The number of hydrogen-bond donors (Lipinski definition) is 1. The molecule has 1 rings (SSSR count). The molecule has 0 bridgehead atoms. The molecule has 3 nitrogen and oxygen atoms in total. The Morgan fingerprint density at radius 1 is 1.09 bits per heavy atom. The minimum Gasteiger partial charge on any atom is -0.389 e. The molecule has 22 heavy (non-hydrogen) atoms. The van der Waals surface area contributed by atoms with Gasteiger partial charge in [0.2, 0.25) is 5.91 Å². The van der Waals surface area contributed by atoms with E-state index in [4.69, 9.17) is 0 Å². The summed E-state index contributed by atoms with van der Waals surface area (Å²) < 4.78 is 0. The van der Waals surface area contributed by atoms with Gasteiger partial charge >= 0.3 is 0 Å². The lowest BCUT2D eigenvalue weighted by Crippen LogP contribution is -2.51. The van der Waals surface area contributed by atoms with E-state index in [1.54, 1.807) is 0 Å². The maximum Gasteiger partial charge on any atom is 0.225 e. The molecular formula is C19H35NO2. The van der Waals surface area contributed by atoms with Crippen LogP contribution in [0.1, 0.15) is 84.5 Å². The number of rotatable bonds is 13. The predicted octanol–water partition coefficient (Wildman–Crippen LogP) is 4.45. The topological polar surface area (TPSA) is 40.5 Å². The van der Waals surface area contributed by atoms with Crippen molar-refractivity contribution in [1.29, 1.82) is 0 Å². The SMILES string of the molecule is CCCCCCCN1C(=O)CC1/C=C/C(O)CCCCCC. The standard InChI is InChI=1S/C19H35NO2/c1-3-5-7-9-11-15-20-17(16-19(20)22)13-14-18(21)12-10-8-6-4-2/h13-14,17-18,21H,3-12,15-16H2,1-2H3/b14-13+. The van der Waals surface area contributed by atoms with Crippen LogP contribution in [-0.4, -0.2) is 34.6 Å². The van der Waals surface area contributed by atoms with Crippen LogP contribution in [0, 0.1) is 0 Å². The third kappa shape index (κ3) is 7.44. The second-order valence-corrected chi connectivity index (χ2v) is 6.57. The summed E-state index contributed by atoms with van der Waals surface area (Å²) in [6.45, 7) is 5.29. The number of unbranched alkanes of at least 4 members (excludes halogenated alkanes) is 7. The Labute approximate surface area is 136 Å². The molecule has 1 saturated heterocycles. The maximum atomic E-state index is 11.7. The summed E-state index contributed by atoms with van der Waals surface area (Å²) in [5, 5.41) is 9.95. The minimum absolute atomic E-state index is 0.226. The molecule has 0 aromatic heterocycles. The number of aliphatic hydroxyl groups is 1. The van der Waals surface area contributed by atoms with Crippen molar-refractivity contribution in [3.05, 3.63) is 12.2 Å². The smallest absolute Gasteiger partial charge is 0.225 e. The van der Waals surface area contributed by atoms with Crippen LogP contribution in [0.15, 0.2) is 12.2 Å². The van der Waals surface area contributed by atoms with E-state index in [-0.39, 0.29) is 18.1 Å². The van der Waals surface area contributed by atoms with E-state index in [9.17, 15) is 9.90 Å². The first-order chi connectivity index (χ1) is 10.7. The van der Waals surface area contributed by atoms with Crippen molar-refractivity contribution in [1.82, 2.24) is 4.90 Å². The lowest BCUT2D eigenvalue weighted by Gasteiger charge is -2.39. The zero-order valence-electron chi connectivity index (χ0n) is 14.6. The molecule has 0 aliphatic carbocycles. The number of amides is 1. The molecule has 2 unspecified atom stereocenters. The molecule has 1 amide bonds. The summed E-state index contributed by atoms with van der Waals surface area (Å²) in [5.41, 5.74) is 0. The van der Waals surface area contributed by atoms with Gasteiger partial charge in [0.25, 0.3) is 0 Å². The first-order valence-electron chi connectivity index (χ1n) is 9.34. The van der Waals surface area contributed by atoms with Crippen LogP contribution in [0.5, 0.6) is 0 Å². The lowest BCUT2D eigenvalue weighted by atomic mass is 9.99. The number of likely N-dealkylation sites (tertiary alicyclic amines) is 1. The highest BCUT2D eigenvalue weighted by atomic mass is 16.3. The summed E-state index contributed by atoms with van der Waals surface area (Å²) >= 11 is 0. The zero-order valence-corrected chi connectivity index (χ0v) is 14.6. The molecular weight excluding hydrogens is 274 g/mol. The number of carbonyl (C=O) groups is 1. The fourth-order valence-corrected chi connectivity index (χ4v) is 2.96. The summed E-state index contributed by atoms with van der Waals surface area (Å²) in [4.78, 5) is 13.6. The van der Waals surface area contributed by atoms with Gasteiger partial charge < -0.3 is 10.0 Å². The highest BCUT2D eigenvalue weighted by molar-refractivity contribution is 5.83. The van der Waals surface area contributed by atoms with E-state index in [2.05, 4.69) is 13.8 Å². The van der Waals surface area contributed by atoms with Gasteiger partial charge in [-0.25, -0.2) is 0 Å². The molecule has 1 fully saturated rings. The van der Waals surface area contributed by atoms with E-state index < -0.39 is 0 Å². The number of nitrogens with zero attached hydrogens (tertiary/aromatic N) is 1.